The highest BCUT2D eigenvalue weighted by Crippen LogP contribution is 2.38. The Morgan fingerprint density at radius 3 is 1.37 bits per heavy atom. The number of aromatic nitrogens is 12. The van der Waals surface area contributed by atoms with Gasteiger partial charge >= 0.3 is 0 Å². The van der Waals surface area contributed by atoms with Crippen LogP contribution in [0.5, 0.6) is 0 Å². The SMILES string of the molecule is CC(=O)n1cc(C#N)c2ccc(Br)nc21.CC(C)(C)c1cc(F)c2c(=O)n(-c3cccc(-n4cc(C#N)c5ccc(-c6ccccc6Cl)nc54)c3CO)ncc2c1.CC(C)(C)c1cc(F)c2c(=O)n(-c3cccc(-n4cc(C(N)=O)c5ccc(-c6ccccc6Cl)nc54)c3CO)ncc2c1.N#Cc1c[nH]c2nc(-c3ccccc3Cl)ccc12. The van der Waals surface area contributed by atoms with Gasteiger partial charge in [0.1, 0.15) is 57.0 Å². The highest BCUT2D eigenvalue weighted by molar-refractivity contribution is 9.10. The van der Waals surface area contributed by atoms with Crippen LogP contribution in [0.4, 0.5) is 8.78 Å². The van der Waals surface area contributed by atoms with Crippen LogP contribution in [-0.2, 0) is 24.0 Å². The van der Waals surface area contributed by atoms with Gasteiger partial charge in [-0.3, -0.25) is 28.3 Å². The van der Waals surface area contributed by atoms with Crippen molar-refractivity contribution in [2.45, 2.75) is 72.5 Å². The molecule has 0 fully saturated rings. The Labute approximate surface area is 694 Å². The number of halogens is 6. The van der Waals surface area contributed by atoms with E-state index in [-0.39, 0.29) is 44.4 Å². The second kappa shape index (κ2) is 32.9. The third-order valence-corrected chi connectivity index (χ3v) is 21.3. The number of fused-ring (bicyclic) bond motifs is 6. The van der Waals surface area contributed by atoms with Gasteiger partial charge in [0.15, 0.2) is 0 Å². The van der Waals surface area contributed by atoms with Crippen LogP contribution >= 0.6 is 50.7 Å². The summed E-state index contributed by atoms with van der Waals surface area (Å²) in [5, 5.41) is 62.5. The molecule has 0 aliphatic heterocycles. The third-order valence-electron chi connectivity index (χ3n) is 19.8. The first-order valence-electron chi connectivity index (χ1n) is 36.4. The van der Waals surface area contributed by atoms with E-state index < -0.39 is 41.9 Å². The van der Waals surface area contributed by atoms with Crippen molar-refractivity contribution in [1.29, 1.82) is 15.8 Å². The Morgan fingerprint density at radius 1 is 0.508 bits per heavy atom. The molecule has 22 nitrogen and oxygen atoms in total. The van der Waals surface area contributed by atoms with Gasteiger partial charge in [0.05, 0.1) is 98.5 Å². The number of aromatic amines is 1. The lowest BCUT2D eigenvalue weighted by Gasteiger charge is -2.20. The van der Waals surface area contributed by atoms with Crippen molar-refractivity contribution < 1.29 is 28.6 Å². The molecule has 0 bridgehead atoms. The zero-order valence-corrected chi connectivity index (χ0v) is 67.7. The molecule has 17 aromatic rings. The molecule has 1 amide bonds. The van der Waals surface area contributed by atoms with Crippen LogP contribution in [0, 0.1) is 45.6 Å². The first-order valence-corrected chi connectivity index (χ1v) is 38.3. The zero-order valence-electron chi connectivity index (χ0n) is 63.8. The average molecular weight is 1690 g/mol. The number of H-pyrrole nitrogens is 1. The van der Waals surface area contributed by atoms with E-state index in [1.165, 1.54) is 42.2 Å². The second-order valence-electron chi connectivity index (χ2n) is 29.3. The molecule has 17 rings (SSSR count). The number of aliphatic hydroxyl groups excluding tert-OH is 2. The van der Waals surface area contributed by atoms with Crippen LogP contribution in [0.15, 0.2) is 233 Å². The second-order valence-corrected chi connectivity index (χ2v) is 31.3. The molecule has 0 saturated carbocycles. The average Bonchev–Trinajstić information content (AvgIpc) is 1.36. The molecule has 0 saturated heterocycles. The summed E-state index contributed by atoms with van der Waals surface area (Å²) in [4.78, 5) is 72.3. The van der Waals surface area contributed by atoms with Crippen molar-refractivity contribution in [3.63, 3.8) is 0 Å². The summed E-state index contributed by atoms with van der Waals surface area (Å²) in [7, 11) is 0. The summed E-state index contributed by atoms with van der Waals surface area (Å²) in [5.41, 5.74) is 15.3. The summed E-state index contributed by atoms with van der Waals surface area (Å²) in [6.07, 6.45) is 9.24. The van der Waals surface area contributed by atoms with Crippen molar-refractivity contribution in [2.24, 2.45) is 5.73 Å². The summed E-state index contributed by atoms with van der Waals surface area (Å²) >= 11 is 22.2. The number of carbonyl (C=O) groups excluding carboxylic acids is 2. The van der Waals surface area contributed by atoms with E-state index >= 15 is 8.78 Å². The van der Waals surface area contributed by atoms with Gasteiger partial charge in [-0.15, -0.1) is 0 Å². The predicted molar refractivity (Wildman–Crippen MR) is 457 cm³/mol. The van der Waals surface area contributed by atoms with Crippen LogP contribution in [0.25, 0.3) is 122 Å². The largest absolute Gasteiger partial charge is 0.392 e. The number of hydrogen-bond donors (Lipinski definition) is 4. The smallest absolute Gasteiger partial charge is 0.282 e. The first-order chi connectivity index (χ1) is 56.5. The maximum absolute atomic E-state index is 15.4. The standard InChI is InChI=1S/C33H27ClFN5O3.C33H25ClFN5O2.C14H8ClN3.C10H6BrN3O/c1-33(2,3)19-13-18-15-37-40(32(43)29(18)25(35)14-19)28-10-6-9-27(23(28)17-41)39-16-22(30(36)42)20-11-12-26(38-31(20)39)21-7-4-5-8-24(21)34;1-33(2,3)21-13-19-16-37-40(32(42)30(19)26(35)14-21)29-10-6-9-28(24(29)18-41)39-17-20(15-36)22-11-12-27(38-31(22)39)23-7-4-5-8-25(23)34;15-12-4-2-1-3-11(12)13-6-5-10-9(7-16)8-17-14(10)18-13;1-6(15)14-5-7(4-12)8-2-3-9(11)13-10(8)14/h4-16,41H,17H2,1-3H3,(H2,36,42);4-14,16-17,41H,18H2,1-3H3;1-6,8H,(H,17,18);2-3,5H,1H3. The van der Waals surface area contributed by atoms with E-state index in [1.54, 1.807) is 119 Å². The fourth-order valence-electron chi connectivity index (χ4n) is 13.8. The van der Waals surface area contributed by atoms with Gasteiger partial charge in [-0.05, 0) is 153 Å². The Balaban J connectivity index is 0.000000141. The molecular formula is C90H66BrCl3F2N16O6. The van der Waals surface area contributed by atoms with Crippen molar-refractivity contribution in [3.8, 4) is 74.7 Å². The maximum atomic E-state index is 15.4. The van der Waals surface area contributed by atoms with Gasteiger partial charge in [-0.25, -0.2) is 28.7 Å². The maximum Gasteiger partial charge on any atom is 0.282 e. The molecule has 10 aromatic heterocycles. The molecule has 10 heterocycles. The molecule has 28 heteroatoms. The topological polar surface area (TPSA) is 324 Å². The van der Waals surface area contributed by atoms with Gasteiger partial charge in [0.25, 0.3) is 17.0 Å². The zero-order chi connectivity index (χ0) is 83.9. The minimum Gasteiger partial charge on any atom is -0.392 e. The van der Waals surface area contributed by atoms with Crippen LogP contribution in [-0.4, -0.2) is 80.2 Å². The monoisotopic (exact) mass is 1690 g/mol. The van der Waals surface area contributed by atoms with E-state index in [2.05, 4.69) is 53.2 Å². The number of nitrogens with one attached hydrogen (secondary N) is 1. The molecule has 0 aliphatic carbocycles. The van der Waals surface area contributed by atoms with E-state index in [4.69, 9.17) is 61.0 Å². The van der Waals surface area contributed by atoms with E-state index in [0.29, 0.717) is 125 Å². The molecular weight excluding hydrogens is 1630 g/mol. The summed E-state index contributed by atoms with van der Waals surface area (Å²) < 4.78 is 38.2. The number of carbonyl (C=O) groups is 2. The third kappa shape index (κ3) is 15.5. The molecule has 0 spiro atoms. The molecule has 0 unspecified atom stereocenters. The van der Waals surface area contributed by atoms with Gasteiger partial charge in [0, 0.05) is 107 Å². The number of pyridine rings is 4. The predicted octanol–water partition coefficient (Wildman–Crippen LogP) is 19.0. The van der Waals surface area contributed by atoms with Crippen LogP contribution in [0.2, 0.25) is 15.1 Å². The molecule has 5 N–H and O–H groups in total. The Hall–Kier alpha value is -13.7. The summed E-state index contributed by atoms with van der Waals surface area (Å²) in [6.45, 7) is 12.3. The fourth-order valence-corrected chi connectivity index (χ4v) is 14.8. The Morgan fingerprint density at radius 2 is 0.924 bits per heavy atom. The number of primary amides is 1. The van der Waals surface area contributed by atoms with Crippen LogP contribution in [0.1, 0.15) is 103 Å². The fraction of sp³-hybridized carbons (Fsp3) is 0.122. The molecule has 584 valence electrons. The Bertz CT molecular complexity index is 7240. The molecule has 118 heavy (non-hydrogen) atoms. The highest BCUT2D eigenvalue weighted by atomic mass is 79.9. The lowest BCUT2D eigenvalue weighted by molar-refractivity contribution is 0.0939. The minimum atomic E-state index is -0.670. The normalized spacial score (nSPS) is 11.4. The number of nitriles is 3. The van der Waals surface area contributed by atoms with Crippen molar-refractivity contribution >= 4 is 128 Å². The Kier molecular flexibility index (Phi) is 22.6. The van der Waals surface area contributed by atoms with Crippen molar-refractivity contribution in [2.75, 3.05) is 0 Å². The lowest BCUT2D eigenvalue weighted by atomic mass is 9.86. The number of hydrogen-bond acceptors (Lipinski definition) is 15. The quantitative estimate of drug-likeness (QED) is 0.0925. The van der Waals surface area contributed by atoms with Gasteiger partial charge < -0.3 is 25.5 Å². The molecule has 0 radical (unpaired) electrons. The number of rotatable bonds is 10. The summed E-state index contributed by atoms with van der Waals surface area (Å²) in [5.74, 6) is -2.10. The molecule has 0 atom stereocenters. The van der Waals surface area contributed by atoms with E-state index in [1.807, 2.05) is 126 Å². The number of benzene rings is 7. The van der Waals surface area contributed by atoms with Gasteiger partial charge in [0.2, 0.25) is 5.91 Å². The minimum absolute atomic E-state index is 0.0866. The highest BCUT2D eigenvalue weighted by Gasteiger charge is 2.27. The van der Waals surface area contributed by atoms with Gasteiger partial charge in [-0.2, -0.15) is 35.3 Å². The lowest BCUT2D eigenvalue weighted by Crippen LogP contribution is -2.24. The van der Waals surface area contributed by atoms with Crippen LogP contribution < -0.4 is 16.9 Å². The van der Waals surface area contributed by atoms with Gasteiger partial charge in [-0.1, -0.05) is 143 Å². The molecule has 0 aliphatic rings. The first kappa shape index (κ1) is 80.9. The van der Waals surface area contributed by atoms with Crippen molar-refractivity contribution in [1.82, 2.24) is 58.2 Å². The van der Waals surface area contributed by atoms with Crippen molar-refractivity contribution in [3.05, 3.63) is 316 Å². The van der Waals surface area contributed by atoms with Crippen LogP contribution in [0.3, 0.4) is 0 Å². The summed E-state index contributed by atoms with van der Waals surface area (Å²) in [6, 6.07) is 59.3. The number of amides is 1. The number of aliphatic hydroxyl groups is 2. The van der Waals surface area contributed by atoms with E-state index in [0.717, 1.165) is 42.7 Å². The number of nitrogens with zero attached hydrogens (tertiary/aromatic N) is 14. The molecule has 7 aromatic carbocycles. The van der Waals surface area contributed by atoms with E-state index in [9.17, 15) is 34.7 Å². The number of nitrogens with two attached hydrogens (primary N) is 1.